The van der Waals surface area contributed by atoms with E-state index in [1.165, 1.54) is 6.07 Å². The molecule has 0 radical (unpaired) electrons. The predicted octanol–water partition coefficient (Wildman–Crippen LogP) is 4.09. The summed E-state index contributed by atoms with van der Waals surface area (Å²) in [5.41, 5.74) is -0.303. The molecule has 0 saturated heterocycles. The quantitative estimate of drug-likeness (QED) is 0.450. The van der Waals surface area contributed by atoms with Crippen LogP contribution in [0.25, 0.3) is 0 Å². The summed E-state index contributed by atoms with van der Waals surface area (Å²) in [5, 5.41) is 14.8. The van der Waals surface area contributed by atoms with Crippen molar-refractivity contribution in [2.75, 3.05) is 23.8 Å². The van der Waals surface area contributed by atoms with Crippen molar-refractivity contribution in [3.8, 4) is 11.8 Å². The number of nitrogens with one attached hydrogen (secondary N) is 2. The first kappa shape index (κ1) is 21.3. The smallest absolute Gasteiger partial charge is 0.416 e. The minimum absolute atomic E-state index is 0.00606. The molecule has 0 aliphatic heterocycles. The maximum absolute atomic E-state index is 12.9. The van der Waals surface area contributed by atoms with Crippen molar-refractivity contribution in [3.63, 3.8) is 0 Å². The molecule has 2 aromatic carbocycles. The van der Waals surface area contributed by atoms with Crippen molar-refractivity contribution in [2.24, 2.45) is 0 Å². The zero-order chi connectivity index (χ0) is 21.4. The number of nitrogens with zero attached hydrogens (tertiary/aromatic N) is 3. The SMILES string of the molecule is OCCCNc1nc(NCc2cccc(C(F)(F)F)c2)nc(Oc2ccccc2)n1. The van der Waals surface area contributed by atoms with E-state index < -0.39 is 11.7 Å². The fourth-order valence-corrected chi connectivity index (χ4v) is 2.47. The molecule has 0 aliphatic carbocycles. The summed E-state index contributed by atoms with van der Waals surface area (Å²) >= 11 is 0. The number of halogens is 3. The number of ether oxygens (including phenoxy) is 1. The van der Waals surface area contributed by atoms with Gasteiger partial charge in [-0.2, -0.15) is 28.1 Å². The van der Waals surface area contributed by atoms with Crippen LogP contribution in [-0.4, -0.2) is 33.2 Å². The molecular weight excluding hydrogens is 399 g/mol. The molecule has 0 saturated carbocycles. The number of benzene rings is 2. The Balaban J connectivity index is 1.77. The van der Waals surface area contributed by atoms with Crippen molar-refractivity contribution >= 4 is 11.9 Å². The summed E-state index contributed by atoms with van der Waals surface area (Å²) in [6.45, 7) is 0.513. The molecule has 0 unspecified atom stereocenters. The highest BCUT2D eigenvalue weighted by molar-refractivity contribution is 5.38. The number of aromatic nitrogens is 3. The van der Waals surface area contributed by atoms with Crippen molar-refractivity contribution in [3.05, 3.63) is 65.7 Å². The molecule has 1 aromatic heterocycles. The lowest BCUT2D eigenvalue weighted by Crippen LogP contribution is -2.12. The molecule has 158 valence electrons. The molecular formula is C20H20F3N5O2. The Kier molecular flexibility index (Phi) is 7.02. The fourth-order valence-electron chi connectivity index (χ4n) is 2.47. The van der Waals surface area contributed by atoms with Gasteiger partial charge in [-0.05, 0) is 36.2 Å². The highest BCUT2D eigenvalue weighted by Crippen LogP contribution is 2.29. The molecule has 0 atom stereocenters. The summed E-state index contributed by atoms with van der Waals surface area (Å²) in [6, 6.07) is 13.9. The third kappa shape index (κ3) is 6.31. The summed E-state index contributed by atoms with van der Waals surface area (Å²) < 4.78 is 44.3. The largest absolute Gasteiger partial charge is 0.424 e. The first-order chi connectivity index (χ1) is 14.4. The van der Waals surface area contributed by atoms with Gasteiger partial charge in [0, 0.05) is 19.7 Å². The summed E-state index contributed by atoms with van der Waals surface area (Å²) in [4.78, 5) is 12.6. The van der Waals surface area contributed by atoms with Crippen molar-refractivity contribution in [1.29, 1.82) is 0 Å². The molecule has 0 spiro atoms. The van der Waals surface area contributed by atoms with Crippen LogP contribution in [0.15, 0.2) is 54.6 Å². The van der Waals surface area contributed by atoms with Crippen molar-refractivity contribution in [1.82, 2.24) is 15.0 Å². The van der Waals surface area contributed by atoms with Gasteiger partial charge >= 0.3 is 12.2 Å². The molecule has 3 aromatic rings. The Bertz CT molecular complexity index is 955. The van der Waals surface area contributed by atoms with Crippen LogP contribution in [0.1, 0.15) is 17.5 Å². The topological polar surface area (TPSA) is 92.2 Å². The zero-order valence-corrected chi connectivity index (χ0v) is 15.9. The molecule has 0 amide bonds. The van der Waals surface area contributed by atoms with Crippen LogP contribution < -0.4 is 15.4 Å². The number of aliphatic hydroxyl groups is 1. The maximum Gasteiger partial charge on any atom is 0.416 e. The number of alkyl halides is 3. The van der Waals surface area contributed by atoms with Gasteiger partial charge in [-0.1, -0.05) is 30.3 Å². The molecule has 1 heterocycles. The van der Waals surface area contributed by atoms with Crippen LogP contribution in [0.2, 0.25) is 0 Å². The number of rotatable bonds is 9. The van der Waals surface area contributed by atoms with Gasteiger partial charge in [-0.3, -0.25) is 0 Å². The molecule has 0 aliphatic rings. The van der Waals surface area contributed by atoms with Crippen molar-refractivity contribution < 1.29 is 23.0 Å². The molecule has 3 rings (SSSR count). The first-order valence-corrected chi connectivity index (χ1v) is 9.18. The van der Waals surface area contributed by atoms with E-state index >= 15 is 0 Å². The van der Waals surface area contributed by atoms with E-state index in [4.69, 9.17) is 9.84 Å². The monoisotopic (exact) mass is 419 g/mol. The second-order valence-electron chi connectivity index (χ2n) is 6.24. The third-order valence-electron chi connectivity index (χ3n) is 3.89. The fraction of sp³-hybridized carbons (Fsp3) is 0.250. The third-order valence-corrected chi connectivity index (χ3v) is 3.89. The van der Waals surface area contributed by atoms with Crippen LogP contribution >= 0.6 is 0 Å². The van der Waals surface area contributed by atoms with Crippen LogP contribution in [-0.2, 0) is 12.7 Å². The highest BCUT2D eigenvalue weighted by Gasteiger charge is 2.30. The lowest BCUT2D eigenvalue weighted by molar-refractivity contribution is -0.137. The molecule has 0 bridgehead atoms. The van der Waals surface area contributed by atoms with E-state index in [-0.39, 0.29) is 31.1 Å². The van der Waals surface area contributed by atoms with Gasteiger partial charge in [0.25, 0.3) is 0 Å². The van der Waals surface area contributed by atoms with E-state index in [0.717, 1.165) is 12.1 Å². The molecule has 10 heteroatoms. The van der Waals surface area contributed by atoms with E-state index in [0.29, 0.717) is 24.3 Å². The van der Waals surface area contributed by atoms with E-state index in [2.05, 4.69) is 25.6 Å². The second-order valence-corrected chi connectivity index (χ2v) is 6.24. The van der Waals surface area contributed by atoms with Gasteiger partial charge in [0.05, 0.1) is 5.56 Å². The Morgan fingerprint density at radius 2 is 1.63 bits per heavy atom. The molecule has 7 nitrogen and oxygen atoms in total. The molecule has 30 heavy (non-hydrogen) atoms. The standard InChI is InChI=1S/C20H20F3N5O2/c21-20(22,23)15-7-4-6-14(12-15)13-25-18-26-17(24-10-5-11-29)27-19(28-18)30-16-8-2-1-3-9-16/h1-4,6-9,12,29H,5,10-11,13H2,(H2,24,25,26,27,28). The Hall–Kier alpha value is -3.40. The minimum Gasteiger partial charge on any atom is -0.424 e. The average Bonchev–Trinajstić information content (AvgIpc) is 2.73. The summed E-state index contributed by atoms with van der Waals surface area (Å²) in [6.07, 6.45) is -3.92. The Morgan fingerprint density at radius 3 is 2.33 bits per heavy atom. The van der Waals surface area contributed by atoms with Gasteiger partial charge in [0.2, 0.25) is 11.9 Å². The van der Waals surface area contributed by atoms with Crippen LogP contribution in [0.4, 0.5) is 25.1 Å². The van der Waals surface area contributed by atoms with Gasteiger partial charge in [0.1, 0.15) is 5.75 Å². The summed E-state index contributed by atoms with van der Waals surface area (Å²) in [7, 11) is 0. The van der Waals surface area contributed by atoms with Gasteiger partial charge in [0.15, 0.2) is 0 Å². The van der Waals surface area contributed by atoms with Crippen molar-refractivity contribution in [2.45, 2.75) is 19.1 Å². The zero-order valence-electron chi connectivity index (χ0n) is 15.9. The maximum atomic E-state index is 12.9. The minimum atomic E-state index is -4.41. The predicted molar refractivity (Wildman–Crippen MR) is 105 cm³/mol. The highest BCUT2D eigenvalue weighted by atomic mass is 19.4. The van der Waals surface area contributed by atoms with Gasteiger partial charge in [-0.25, -0.2) is 0 Å². The molecule has 3 N–H and O–H groups in total. The normalized spacial score (nSPS) is 11.2. The number of anilines is 2. The molecule has 0 fully saturated rings. The number of hydrogen-bond acceptors (Lipinski definition) is 7. The second kappa shape index (κ2) is 9.88. The van der Waals surface area contributed by atoms with Crippen LogP contribution in [0.5, 0.6) is 11.8 Å². The van der Waals surface area contributed by atoms with E-state index in [1.807, 2.05) is 6.07 Å². The van der Waals surface area contributed by atoms with Crippen LogP contribution in [0, 0.1) is 0 Å². The van der Waals surface area contributed by atoms with E-state index in [1.54, 1.807) is 30.3 Å². The Morgan fingerprint density at radius 1 is 0.900 bits per heavy atom. The number of aliphatic hydroxyl groups excluding tert-OH is 1. The van der Waals surface area contributed by atoms with Crippen LogP contribution in [0.3, 0.4) is 0 Å². The number of hydrogen-bond donors (Lipinski definition) is 3. The first-order valence-electron chi connectivity index (χ1n) is 9.18. The lowest BCUT2D eigenvalue weighted by atomic mass is 10.1. The summed E-state index contributed by atoms with van der Waals surface area (Å²) in [5.74, 6) is 0.879. The lowest BCUT2D eigenvalue weighted by Gasteiger charge is -2.12. The van der Waals surface area contributed by atoms with Gasteiger partial charge < -0.3 is 20.5 Å². The number of para-hydroxylation sites is 1. The van der Waals surface area contributed by atoms with Gasteiger partial charge in [-0.15, -0.1) is 0 Å². The van der Waals surface area contributed by atoms with E-state index in [9.17, 15) is 13.2 Å². The average molecular weight is 419 g/mol. The Labute approximate surface area is 171 Å².